The maximum absolute atomic E-state index is 13.0. The molecule has 2 aromatic rings. The molecule has 0 bridgehead atoms. The highest BCUT2D eigenvalue weighted by Crippen LogP contribution is 2.23. The highest BCUT2D eigenvalue weighted by Gasteiger charge is 2.30. The van der Waals surface area contributed by atoms with Gasteiger partial charge in [-0.05, 0) is 55.8 Å². The molecular weight excluding hydrogens is 463 g/mol. The predicted octanol–water partition coefficient (Wildman–Crippen LogP) is 3.66. The van der Waals surface area contributed by atoms with E-state index in [4.69, 9.17) is 14.6 Å². The Morgan fingerprint density at radius 3 is 2.38 bits per heavy atom. The van der Waals surface area contributed by atoms with Crippen LogP contribution in [0.3, 0.4) is 0 Å². The Hall–Kier alpha value is -3.73. The number of thioether (sulfide) groups is 1. The average Bonchev–Trinajstić information content (AvgIpc) is 2.79. The summed E-state index contributed by atoms with van der Waals surface area (Å²) < 4.78 is 18.4. The molecule has 9 nitrogen and oxygen atoms in total. The van der Waals surface area contributed by atoms with Crippen LogP contribution in [0.5, 0.6) is 5.75 Å². The molecule has 0 aromatic heterocycles. The molecular formula is C23H25FN4O5S. The summed E-state index contributed by atoms with van der Waals surface area (Å²) >= 11 is 1.13. The zero-order valence-corrected chi connectivity index (χ0v) is 19.7. The maximum atomic E-state index is 13.0. The molecule has 2 amide bonds. The summed E-state index contributed by atoms with van der Waals surface area (Å²) in [6, 6.07) is 12.9. The molecule has 0 saturated carbocycles. The number of carboxylic acid groups (broad SMARTS) is 1. The highest BCUT2D eigenvalue weighted by atomic mass is 32.2. The molecule has 3 rings (SSSR count). The van der Waals surface area contributed by atoms with Crippen molar-refractivity contribution in [2.45, 2.75) is 32.4 Å². The lowest BCUT2D eigenvalue weighted by Crippen LogP contribution is -2.41. The van der Waals surface area contributed by atoms with Crippen molar-refractivity contribution in [2.75, 3.05) is 11.9 Å². The van der Waals surface area contributed by atoms with Crippen molar-refractivity contribution in [1.82, 2.24) is 5.32 Å². The summed E-state index contributed by atoms with van der Waals surface area (Å²) in [5, 5.41) is 20.6. The molecule has 1 saturated heterocycles. The molecule has 1 aliphatic heterocycles. The van der Waals surface area contributed by atoms with Gasteiger partial charge in [-0.25, -0.2) is 4.39 Å². The molecule has 11 heteroatoms. The van der Waals surface area contributed by atoms with Gasteiger partial charge in [0.15, 0.2) is 5.17 Å². The molecule has 180 valence electrons. The number of aliphatic carboxylic acids is 1. The van der Waals surface area contributed by atoms with Gasteiger partial charge in [-0.1, -0.05) is 23.9 Å². The van der Waals surface area contributed by atoms with Crippen LogP contribution in [-0.2, 0) is 14.4 Å². The molecule has 0 radical (unpaired) electrons. The highest BCUT2D eigenvalue weighted by molar-refractivity contribution is 8.15. The Bertz CT molecular complexity index is 1070. The third-order valence-corrected chi connectivity index (χ3v) is 5.22. The van der Waals surface area contributed by atoms with Gasteiger partial charge in [0.2, 0.25) is 11.8 Å². The topological polar surface area (TPSA) is 129 Å². The van der Waals surface area contributed by atoms with Gasteiger partial charge < -0.3 is 20.5 Å². The van der Waals surface area contributed by atoms with E-state index in [-0.39, 0.29) is 29.2 Å². The molecule has 34 heavy (non-hydrogen) atoms. The van der Waals surface area contributed by atoms with Crippen molar-refractivity contribution in [1.29, 1.82) is 0 Å². The van der Waals surface area contributed by atoms with E-state index >= 15 is 0 Å². The lowest BCUT2D eigenvalue weighted by molar-refractivity contribution is -0.134. The first kappa shape index (κ1) is 26.5. The summed E-state index contributed by atoms with van der Waals surface area (Å²) in [6.45, 7) is 5.26. The van der Waals surface area contributed by atoms with E-state index in [2.05, 4.69) is 20.8 Å². The van der Waals surface area contributed by atoms with Crippen molar-refractivity contribution < 1.29 is 28.6 Å². The third-order valence-electron chi connectivity index (χ3n) is 4.15. The SMILES string of the molecule is CC(=O)O.CCOc1ccc(NC(=O)C2CC(=O)NC(=N/N=C(\C)c3ccc(F)cc3)S2)cc1. The number of carbonyl (C=O) groups is 3. The molecule has 1 heterocycles. The molecule has 1 unspecified atom stereocenters. The number of carboxylic acids is 1. The van der Waals surface area contributed by atoms with Crippen molar-refractivity contribution in [3.63, 3.8) is 0 Å². The minimum Gasteiger partial charge on any atom is -0.494 e. The number of hydrogen-bond donors (Lipinski definition) is 3. The van der Waals surface area contributed by atoms with Gasteiger partial charge in [-0.15, -0.1) is 5.10 Å². The summed E-state index contributed by atoms with van der Waals surface area (Å²) in [5.41, 5.74) is 1.87. The number of ether oxygens (including phenoxy) is 1. The van der Waals surface area contributed by atoms with E-state index in [1.165, 1.54) is 12.1 Å². The van der Waals surface area contributed by atoms with Crippen molar-refractivity contribution >= 4 is 46.1 Å². The molecule has 1 atom stereocenters. The minimum absolute atomic E-state index is 0.0349. The van der Waals surface area contributed by atoms with Crippen LogP contribution in [0.1, 0.15) is 32.8 Å². The number of amidine groups is 1. The number of rotatable bonds is 6. The quantitative estimate of drug-likeness (QED) is 0.420. The Kier molecular flexibility index (Phi) is 10.2. The number of hydrogen-bond acceptors (Lipinski definition) is 7. The number of benzene rings is 2. The smallest absolute Gasteiger partial charge is 0.300 e. The lowest BCUT2D eigenvalue weighted by atomic mass is 10.1. The molecule has 1 fully saturated rings. The maximum Gasteiger partial charge on any atom is 0.300 e. The Morgan fingerprint density at radius 1 is 1.18 bits per heavy atom. The number of nitrogens with zero attached hydrogens (tertiary/aromatic N) is 2. The number of nitrogens with one attached hydrogen (secondary N) is 2. The standard InChI is InChI=1S/C21H21FN4O3S.C2H4O2/c1-3-29-17-10-8-16(9-11-17)23-20(28)18-12-19(27)24-21(30-18)26-25-13(2)14-4-6-15(22)7-5-14;1-2(3)4/h4-11,18H,3,12H2,1-2H3,(H,23,28)(H,24,26,27);1H3,(H,3,4)/b25-13+;. The van der Waals surface area contributed by atoms with Gasteiger partial charge in [0.25, 0.3) is 5.97 Å². The Balaban J connectivity index is 0.000000945. The molecule has 1 aliphatic rings. The molecule has 0 spiro atoms. The zero-order chi connectivity index (χ0) is 25.1. The van der Waals surface area contributed by atoms with E-state index in [0.717, 1.165) is 18.7 Å². The van der Waals surface area contributed by atoms with E-state index in [0.29, 0.717) is 29.3 Å². The van der Waals surface area contributed by atoms with Crippen LogP contribution in [0, 0.1) is 5.82 Å². The number of halogens is 1. The number of anilines is 1. The number of amides is 2. The van der Waals surface area contributed by atoms with Crippen molar-refractivity contribution in [3.8, 4) is 5.75 Å². The Labute approximate surface area is 200 Å². The number of carbonyl (C=O) groups excluding carboxylic acids is 2. The fraction of sp³-hybridized carbons (Fsp3) is 0.261. The van der Waals surface area contributed by atoms with Gasteiger partial charge in [0.1, 0.15) is 16.8 Å². The second kappa shape index (κ2) is 13.1. The fourth-order valence-corrected chi connectivity index (χ4v) is 3.56. The van der Waals surface area contributed by atoms with Crippen LogP contribution in [0.2, 0.25) is 0 Å². The monoisotopic (exact) mass is 488 g/mol. The third kappa shape index (κ3) is 9.02. The predicted molar refractivity (Wildman–Crippen MR) is 130 cm³/mol. The first-order chi connectivity index (χ1) is 16.2. The van der Waals surface area contributed by atoms with E-state index in [9.17, 15) is 14.0 Å². The normalized spacial score (nSPS) is 16.7. The van der Waals surface area contributed by atoms with Crippen molar-refractivity contribution in [3.05, 3.63) is 59.9 Å². The van der Waals surface area contributed by atoms with Gasteiger partial charge in [0.05, 0.1) is 12.3 Å². The Morgan fingerprint density at radius 2 is 1.79 bits per heavy atom. The van der Waals surface area contributed by atoms with Gasteiger partial charge >= 0.3 is 0 Å². The second-order valence-electron chi connectivity index (χ2n) is 6.92. The summed E-state index contributed by atoms with van der Waals surface area (Å²) in [4.78, 5) is 33.6. The average molecular weight is 489 g/mol. The lowest BCUT2D eigenvalue weighted by Gasteiger charge is -2.21. The summed E-state index contributed by atoms with van der Waals surface area (Å²) in [5.74, 6) is -1.07. The molecule has 2 aromatic carbocycles. The van der Waals surface area contributed by atoms with E-state index in [1.807, 2.05) is 6.92 Å². The van der Waals surface area contributed by atoms with Gasteiger partial charge in [0, 0.05) is 19.0 Å². The second-order valence-corrected chi connectivity index (χ2v) is 8.11. The van der Waals surface area contributed by atoms with Crippen molar-refractivity contribution in [2.24, 2.45) is 10.2 Å². The van der Waals surface area contributed by atoms with Gasteiger partial charge in [-0.3, -0.25) is 14.4 Å². The minimum atomic E-state index is -0.833. The zero-order valence-electron chi connectivity index (χ0n) is 18.9. The molecule has 3 N–H and O–H groups in total. The van der Waals surface area contributed by atoms with Crippen LogP contribution < -0.4 is 15.4 Å². The van der Waals surface area contributed by atoms with Crippen LogP contribution in [-0.4, -0.2) is 45.6 Å². The summed E-state index contributed by atoms with van der Waals surface area (Å²) in [7, 11) is 0. The van der Waals surface area contributed by atoms with Crippen LogP contribution >= 0.6 is 11.8 Å². The van der Waals surface area contributed by atoms with E-state index in [1.54, 1.807) is 43.3 Å². The first-order valence-corrected chi connectivity index (χ1v) is 11.1. The summed E-state index contributed by atoms with van der Waals surface area (Å²) in [6.07, 6.45) is 0.0349. The van der Waals surface area contributed by atoms with E-state index < -0.39 is 11.2 Å². The fourth-order valence-electron chi connectivity index (χ4n) is 2.63. The van der Waals surface area contributed by atoms with Crippen LogP contribution in [0.25, 0.3) is 0 Å². The van der Waals surface area contributed by atoms with Gasteiger partial charge in [-0.2, -0.15) is 5.10 Å². The van der Waals surface area contributed by atoms with Crippen LogP contribution in [0.4, 0.5) is 10.1 Å². The first-order valence-electron chi connectivity index (χ1n) is 10.3. The molecule has 0 aliphatic carbocycles. The van der Waals surface area contributed by atoms with Crippen LogP contribution in [0.15, 0.2) is 58.7 Å². The largest absolute Gasteiger partial charge is 0.494 e.